The van der Waals surface area contributed by atoms with Gasteiger partial charge in [0.05, 0.1) is 11.0 Å². The Bertz CT molecular complexity index is 973. The Morgan fingerprint density at radius 2 is 1.17 bits per heavy atom. The summed E-state index contributed by atoms with van der Waals surface area (Å²) in [6, 6.07) is 17.6. The van der Waals surface area contributed by atoms with Crippen molar-refractivity contribution in [1.29, 1.82) is 0 Å². The van der Waals surface area contributed by atoms with Gasteiger partial charge in [-0.25, -0.2) is 0 Å². The number of fused-ring (bicyclic) bond motifs is 3. The highest BCUT2D eigenvalue weighted by molar-refractivity contribution is 6.10. The minimum atomic E-state index is 0.397. The first-order valence-corrected chi connectivity index (χ1v) is 8.49. The second-order valence-corrected chi connectivity index (χ2v) is 6.99. The molecule has 2 atom stereocenters. The van der Waals surface area contributed by atoms with Crippen LogP contribution in [0, 0.1) is 23.7 Å². The van der Waals surface area contributed by atoms with Crippen LogP contribution in [-0.2, 0) is 0 Å². The Kier molecular flexibility index (Phi) is 2.11. The summed E-state index contributed by atoms with van der Waals surface area (Å²) in [6.07, 6.45) is 12.2. The molecule has 1 saturated carbocycles. The number of rotatable bonds is 1. The molecule has 2 unspecified atom stereocenters. The van der Waals surface area contributed by atoms with Crippen LogP contribution in [0.1, 0.15) is 0 Å². The molecule has 4 bridgehead atoms. The molecule has 1 fully saturated rings. The molecule has 110 valence electrons. The van der Waals surface area contributed by atoms with Crippen molar-refractivity contribution in [3.8, 4) is 0 Å². The van der Waals surface area contributed by atoms with Gasteiger partial charge in [-0.3, -0.25) is 0 Å². The van der Waals surface area contributed by atoms with E-state index in [0.29, 0.717) is 11.8 Å². The lowest BCUT2D eigenvalue weighted by atomic mass is 10.1. The van der Waals surface area contributed by atoms with E-state index in [1.54, 1.807) is 0 Å². The number of allylic oxidation sites excluding steroid dienone is 6. The van der Waals surface area contributed by atoms with E-state index in [4.69, 9.17) is 0 Å². The fraction of sp³-hybridized carbons (Fsp3) is 0.182. The summed E-state index contributed by atoms with van der Waals surface area (Å²) >= 11 is 0. The fourth-order valence-electron chi connectivity index (χ4n) is 4.61. The first kappa shape index (κ1) is 12.0. The fourth-order valence-corrected chi connectivity index (χ4v) is 4.61. The van der Waals surface area contributed by atoms with Crippen molar-refractivity contribution >= 4 is 27.5 Å². The van der Waals surface area contributed by atoms with E-state index in [0.717, 1.165) is 11.8 Å². The lowest BCUT2D eigenvalue weighted by Gasteiger charge is -2.17. The molecule has 4 aliphatic rings. The van der Waals surface area contributed by atoms with Gasteiger partial charge in [-0.2, -0.15) is 0 Å². The first-order chi connectivity index (χ1) is 11.4. The highest BCUT2D eigenvalue weighted by Gasteiger charge is 2.48. The van der Waals surface area contributed by atoms with Crippen LogP contribution >= 0.6 is 0 Å². The minimum Gasteiger partial charge on any atom is -0.312 e. The van der Waals surface area contributed by atoms with E-state index in [1.165, 1.54) is 27.5 Å². The topological polar surface area (TPSA) is 4.93 Å². The van der Waals surface area contributed by atoms with Gasteiger partial charge >= 0.3 is 0 Å². The molecule has 0 spiro atoms. The van der Waals surface area contributed by atoms with Gasteiger partial charge in [-0.1, -0.05) is 66.8 Å². The van der Waals surface area contributed by atoms with Crippen LogP contribution in [0.4, 0.5) is 0 Å². The molecule has 0 radical (unpaired) electrons. The maximum atomic E-state index is 2.54. The van der Waals surface area contributed by atoms with Crippen LogP contribution in [0.15, 0.2) is 78.9 Å². The maximum absolute atomic E-state index is 2.54. The normalized spacial score (nSPS) is 30.5. The molecule has 1 nitrogen and oxygen atoms in total. The third-order valence-electron chi connectivity index (χ3n) is 5.82. The average Bonchev–Trinajstić information content (AvgIpc) is 3.28. The van der Waals surface area contributed by atoms with Gasteiger partial charge in [0.15, 0.2) is 0 Å². The summed E-state index contributed by atoms with van der Waals surface area (Å²) in [6.45, 7) is 0. The third-order valence-corrected chi connectivity index (χ3v) is 5.82. The number of para-hydroxylation sites is 2. The summed E-state index contributed by atoms with van der Waals surface area (Å²) in [5.74, 6) is 2.57. The van der Waals surface area contributed by atoms with Gasteiger partial charge in [0.2, 0.25) is 0 Å². The third kappa shape index (κ3) is 1.47. The Morgan fingerprint density at radius 1 is 0.609 bits per heavy atom. The standard InChI is InChI=1S/C22H17N/c1-3-7-20-17(5-1)18-6-2-4-8-21(18)23(20)22-13-19-15-11-9-14(22)10-12-16(15)19/h1-16,19H. The van der Waals surface area contributed by atoms with Crippen molar-refractivity contribution in [2.75, 3.05) is 0 Å². The number of hydrogen-bond acceptors (Lipinski definition) is 0. The van der Waals surface area contributed by atoms with E-state index in [1.807, 2.05) is 0 Å². The smallest absolute Gasteiger partial charge is 0.0538 e. The molecule has 23 heavy (non-hydrogen) atoms. The minimum absolute atomic E-state index is 0.397. The van der Waals surface area contributed by atoms with Gasteiger partial charge in [-0.05, 0) is 29.9 Å². The Hall–Kier alpha value is -2.54. The van der Waals surface area contributed by atoms with Gasteiger partial charge < -0.3 is 4.57 Å². The largest absolute Gasteiger partial charge is 0.312 e. The molecule has 1 heterocycles. The molecule has 0 saturated heterocycles. The molecular formula is C22H17N. The van der Waals surface area contributed by atoms with E-state index >= 15 is 0 Å². The highest BCUT2D eigenvalue weighted by atomic mass is 15.0. The summed E-state index contributed by atoms with van der Waals surface area (Å²) in [5, 5.41) is 2.70. The van der Waals surface area contributed by atoms with Crippen molar-refractivity contribution in [2.45, 2.75) is 0 Å². The van der Waals surface area contributed by atoms with Gasteiger partial charge in [0.1, 0.15) is 0 Å². The summed E-state index contributed by atoms with van der Waals surface area (Å²) in [4.78, 5) is 0. The first-order valence-electron chi connectivity index (χ1n) is 8.49. The van der Waals surface area contributed by atoms with E-state index in [2.05, 4.69) is 83.5 Å². The Morgan fingerprint density at radius 3 is 1.78 bits per heavy atom. The molecule has 1 heteroatoms. The van der Waals surface area contributed by atoms with E-state index in [9.17, 15) is 0 Å². The second-order valence-electron chi connectivity index (χ2n) is 6.99. The Balaban J connectivity index is 1.73. The summed E-state index contributed by atoms with van der Waals surface area (Å²) in [7, 11) is 0. The van der Waals surface area contributed by atoms with Crippen molar-refractivity contribution in [2.24, 2.45) is 23.7 Å². The molecular weight excluding hydrogens is 278 g/mol. The van der Waals surface area contributed by atoms with Crippen LogP contribution in [0.5, 0.6) is 0 Å². The molecule has 4 aliphatic carbocycles. The van der Waals surface area contributed by atoms with Crippen molar-refractivity contribution in [1.82, 2.24) is 4.57 Å². The van der Waals surface area contributed by atoms with Crippen LogP contribution in [-0.4, -0.2) is 4.57 Å². The molecule has 2 aromatic carbocycles. The molecule has 1 aromatic heterocycles. The monoisotopic (exact) mass is 295 g/mol. The lowest BCUT2D eigenvalue weighted by molar-refractivity contribution is 0.977. The number of hydrogen-bond donors (Lipinski definition) is 0. The summed E-state index contributed by atoms with van der Waals surface area (Å²) < 4.78 is 2.49. The number of benzene rings is 2. The second kappa shape index (κ2) is 4.05. The quantitative estimate of drug-likeness (QED) is 0.540. The SMILES string of the molecule is C1=CC2C3C=CC1C(n1c4ccccc4c4ccccc41)=CC23. The van der Waals surface area contributed by atoms with Gasteiger partial charge in [0.25, 0.3) is 0 Å². The van der Waals surface area contributed by atoms with E-state index in [-0.39, 0.29) is 0 Å². The molecule has 0 aliphatic heterocycles. The predicted octanol–water partition coefficient (Wildman–Crippen LogP) is 5.25. The van der Waals surface area contributed by atoms with Crippen molar-refractivity contribution in [3.05, 3.63) is 78.9 Å². The number of nitrogens with zero attached hydrogens (tertiary/aromatic N) is 1. The summed E-state index contributed by atoms with van der Waals surface area (Å²) in [5.41, 5.74) is 4.08. The highest BCUT2D eigenvalue weighted by Crippen LogP contribution is 2.55. The Labute approximate surface area is 135 Å². The van der Waals surface area contributed by atoms with E-state index < -0.39 is 0 Å². The maximum Gasteiger partial charge on any atom is 0.0538 e. The zero-order valence-corrected chi connectivity index (χ0v) is 12.8. The predicted molar refractivity (Wildman–Crippen MR) is 96.0 cm³/mol. The molecule has 0 N–H and O–H groups in total. The van der Waals surface area contributed by atoms with Crippen molar-refractivity contribution < 1.29 is 0 Å². The number of aromatic nitrogens is 1. The zero-order valence-electron chi connectivity index (χ0n) is 12.8. The lowest BCUT2D eigenvalue weighted by Crippen LogP contribution is -2.05. The van der Waals surface area contributed by atoms with Crippen LogP contribution in [0.2, 0.25) is 0 Å². The average molecular weight is 295 g/mol. The van der Waals surface area contributed by atoms with Crippen LogP contribution < -0.4 is 0 Å². The van der Waals surface area contributed by atoms with Gasteiger partial charge in [0, 0.05) is 22.4 Å². The molecule has 3 aromatic rings. The van der Waals surface area contributed by atoms with Crippen molar-refractivity contribution in [3.63, 3.8) is 0 Å². The molecule has 0 amide bonds. The van der Waals surface area contributed by atoms with Crippen LogP contribution in [0.25, 0.3) is 27.5 Å². The van der Waals surface area contributed by atoms with Gasteiger partial charge in [-0.15, -0.1) is 0 Å². The zero-order chi connectivity index (χ0) is 15.0. The molecule has 7 rings (SSSR count). The van der Waals surface area contributed by atoms with Crippen LogP contribution in [0.3, 0.4) is 0 Å².